The zero-order valence-corrected chi connectivity index (χ0v) is 12.3. The summed E-state index contributed by atoms with van der Waals surface area (Å²) in [6, 6.07) is 7.02. The van der Waals surface area contributed by atoms with Crippen molar-refractivity contribution in [1.29, 1.82) is 0 Å². The highest BCUT2D eigenvalue weighted by Gasteiger charge is 2.14. The fourth-order valence-corrected chi connectivity index (χ4v) is 3.24. The van der Waals surface area contributed by atoms with E-state index in [-0.39, 0.29) is 12.4 Å². The molecule has 0 spiro atoms. The molecule has 1 N–H and O–H groups in total. The lowest BCUT2D eigenvalue weighted by Crippen LogP contribution is -2.26. The average molecular weight is 356 g/mol. The monoisotopic (exact) mass is 353 g/mol. The van der Waals surface area contributed by atoms with Crippen LogP contribution in [0.5, 0.6) is 0 Å². The quantitative estimate of drug-likeness (QED) is 0.785. The molecule has 0 radical (unpaired) electrons. The van der Waals surface area contributed by atoms with E-state index in [1.165, 1.54) is 24.8 Å². The predicted octanol–water partition coefficient (Wildman–Crippen LogP) is 4.45. The van der Waals surface area contributed by atoms with Crippen molar-refractivity contribution in [3.63, 3.8) is 0 Å². The van der Waals surface area contributed by atoms with Crippen molar-refractivity contribution in [2.24, 2.45) is 0 Å². The zero-order chi connectivity index (χ0) is 9.97. The summed E-state index contributed by atoms with van der Waals surface area (Å²) in [5.74, 6) is 0. The number of hydrogen-bond acceptors (Lipinski definition) is 1. The van der Waals surface area contributed by atoms with Crippen molar-refractivity contribution < 1.29 is 0 Å². The number of piperidine rings is 1. The van der Waals surface area contributed by atoms with Crippen LogP contribution in [0, 0.1) is 0 Å². The Kier molecular flexibility index (Phi) is 5.61. The van der Waals surface area contributed by atoms with Gasteiger partial charge >= 0.3 is 0 Å². The topological polar surface area (TPSA) is 12.0 Å². The first-order chi connectivity index (χ1) is 6.75. The van der Waals surface area contributed by atoms with E-state index in [2.05, 4.69) is 55.4 Å². The Balaban J connectivity index is 0.00000112. The molecule has 0 aromatic heterocycles. The van der Waals surface area contributed by atoms with E-state index in [0.29, 0.717) is 6.04 Å². The Morgan fingerprint density at radius 2 is 1.73 bits per heavy atom. The number of halogens is 3. The number of hydrogen-bond donors (Lipinski definition) is 1. The van der Waals surface area contributed by atoms with Gasteiger partial charge in [-0.3, -0.25) is 0 Å². The molecule has 0 aliphatic carbocycles. The number of benzene rings is 1. The van der Waals surface area contributed by atoms with Crippen molar-refractivity contribution in [3.8, 4) is 0 Å². The molecule has 0 saturated carbocycles. The molecule has 1 aromatic rings. The minimum absolute atomic E-state index is 0. The first kappa shape index (κ1) is 13.5. The standard InChI is InChI=1S/C11H13Br2N.ClH/c12-9-5-8(6-10(13)7-9)11-3-1-2-4-14-11;/h5-7,11,14H,1-4H2;1H/t11-;/m0./s1. The van der Waals surface area contributed by atoms with Crippen LogP contribution in [-0.4, -0.2) is 6.54 Å². The van der Waals surface area contributed by atoms with Crippen LogP contribution in [0.3, 0.4) is 0 Å². The molecule has 0 amide bonds. The Hall–Kier alpha value is 0.430. The van der Waals surface area contributed by atoms with Crippen molar-refractivity contribution in [3.05, 3.63) is 32.7 Å². The Morgan fingerprint density at radius 1 is 1.07 bits per heavy atom. The molecule has 0 unspecified atom stereocenters. The van der Waals surface area contributed by atoms with Crippen LogP contribution in [0.25, 0.3) is 0 Å². The minimum atomic E-state index is 0. The van der Waals surface area contributed by atoms with Gasteiger partial charge in [-0.05, 0) is 43.1 Å². The Morgan fingerprint density at radius 3 is 2.27 bits per heavy atom. The zero-order valence-electron chi connectivity index (χ0n) is 8.30. The van der Waals surface area contributed by atoms with Crippen molar-refractivity contribution in [1.82, 2.24) is 5.32 Å². The molecule has 4 heteroatoms. The summed E-state index contributed by atoms with van der Waals surface area (Å²) >= 11 is 7.04. The van der Waals surface area contributed by atoms with Crippen LogP contribution in [0.4, 0.5) is 0 Å². The Labute approximate surface area is 114 Å². The molecule has 15 heavy (non-hydrogen) atoms. The third-order valence-corrected chi connectivity index (χ3v) is 3.51. The molecule has 84 valence electrons. The highest BCUT2D eigenvalue weighted by atomic mass is 79.9. The van der Waals surface area contributed by atoms with E-state index in [0.717, 1.165) is 15.5 Å². The summed E-state index contributed by atoms with van der Waals surface area (Å²) in [5, 5.41) is 3.55. The molecule has 1 aliphatic rings. The lowest BCUT2D eigenvalue weighted by molar-refractivity contribution is 0.412. The summed E-state index contributed by atoms with van der Waals surface area (Å²) < 4.78 is 2.29. The van der Waals surface area contributed by atoms with Gasteiger partial charge in [0.05, 0.1) is 0 Å². The summed E-state index contributed by atoms with van der Waals surface area (Å²) in [5.41, 5.74) is 1.38. The molecule has 1 heterocycles. The maximum absolute atomic E-state index is 3.55. The van der Waals surface area contributed by atoms with Crippen LogP contribution in [0.2, 0.25) is 0 Å². The van der Waals surface area contributed by atoms with E-state index < -0.39 is 0 Å². The number of rotatable bonds is 1. The highest BCUT2D eigenvalue weighted by molar-refractivity contribution is 9.11. The van der Waals surface area contributed by atoms with Gasteiger partial charge in [0.15, 0.2) is 0 Å². The van der Waals surface area contributed by atoms with Gasteiger partial charge in [-0.2, -0.15) is 0 Å². The number of nitrogens with one attached hydrogen (secondary N) is 1. The van der Waals surface area contributed by atoms with Crippen molar-refractivity contribution in [2.75, 3.05) is 6.54 Å². The van der Waals surface area contributed by atoms with E-state index in [9.17, 15) is 0 Å². The molecule has 0 bridgehead atoms. The fourth-order valence-electron chi connectivity index (χ4n) is 1.91. The summed E-state index contributed by atoms with van der Waals surface area (Å²) in [4.78, 5) is 0. The lowest BCUT2D eigenvalue weighted by Gasteiger charge is -2.24. The summed E-state index contributed by atoms with van der Waals surface area (Å²) in [6.07, 6.45) is 3.90. The van der Waals surface area contributed by atoms with Gasteiger partial charge in [-0.15, -0.1) is 12.4 Å². The molecular formula is C11H14Br2ClN. The fraction of sp³-hybridized carbons (Fsp3) is 0.455. The lowest BCUT2D eigenvalue weighted by atomic mass is 9.98. The van der Waals surface area contributed by atoms with Crippen LogP contribution in [0.1, 0.15) is 30.9 Å². The molecule has 1 aromatic carbocycles. The maximum Gasteiger partial charge on any atom is 0.0321 e. The second kappa shape index (κ2) is 6.24. The van der Waals surface area contributed by atoms with Crippen molar-refractivity contribution in [2.45, 2.75) is 25.3 Å². The highest BCUT2D eigenvalue weighted by Crippen LogP contribution is 2.28. The first-order valence-corrected chi connectivity index (χ1v) is 6.54. The Bertz CT molecular complexity index is 304. The van der Waals surface area contributed by atoms with E-state index in [1.54, 1.807) is 0 Å². The van der Waals surface area contributed by atoms with E-state index >= 15 is 0 Å². The van der Waals surface area contributed by atoms with Gasteiger partial charge in [-0.1, -0.05) is 38.3 Å². The second-order valence-electron chi connectivity index (χ2n) is 3.71. The molecule has 2 rings (SSSR count). The first-order valence-electron chi connectivity index (χ1n) is 4.95. The van der Waals surface area contributed by atoms with E-state index in [4.69, 9.17) is 0 Å². The van der Waals surface area contributed by atoms with Gasteiger partial charge < -0.3 is 5.32 Å². The predicted molar refractivity (Wildman–Crippen MR) is 73.7 cm³/mol. The smallest absolute Gasteiger partial charge is 0.0321 e. The normalized spacial score (nSPS) is 20.8. The molecule has 1 atom stereocenters. The molecule has 1 nitrogen and oxygen atoms in total. The molecule has 1 fully saturated rings. The van der Waals surface area contributed by atoms with Crippen LogP contribution in [0.15, 0.2) is 27.1 Å². The van der Waals surface area contributed by atoms with Gasteiger partial charge in [0.2, 0.25) is 0 Å². The minimum Gasteiger partial charge on any atom is -0.310 e. The van der Waals surface area contributed by atoms with Gasteiger partial charge in [-0.25, -0.2) is 0 Å². The molecule has 1 saturated heterocycles. The van der Waals surface area contributed by atoms with Crippen LogP contribution in [-0.2, 0) is 0 Å². The third-order valence-electron chi connectivity index (χ3n) is 2.60. The largest absolute Gasteiger partial charge is 0.310 e. The van der Waals surface area contributed by atoms with E-state index in [1.807, 2.05) is 0 Å². The van der Waals surface area contributed by atoms with Gasteiger partial charge in [0.25, 0.3) is 0 Å². The summed E-state index contributed by atoms with van der Waals surface area (Å²) in [6.45, 7) is 1.15. The van der Waals surface area contributed by atoms with Gasteiger partial charge in [0, 0.05) is 15.0 Å². The molecule has 1 aliphatic heterocycles. The second-order valence-corrected chi connectivity index (χ2v) is 5.54. The van der Waals surface area contributed by atoms with Crippen LogP contribution < -0.4 is 5.32 Å². The maximum atomic E-state index is 3.55. The van der Waals surface area contributed by atoms with Crippen molar-refractivity contribution >= 4 is 44.3 Å². The SMILES string of the molecule is Brc1cc(Br)cc([C@@H]2CCCCN2)c1.Cl. The third kappa shape index (κ3) is 3.74. The molecular weight excluding hydrogens is 341 g/mol. The van der Waals surface area contributed by atoms with Crippen LogP contribution >= 0.6 is 44.3 Å². The van der Waals surface area contributed by atoms with Gasteiger partial charge in [0.1, 0.15) is 0 Å². The average Bonchev–Trinajstić information content (AvgIpc) is 2.18. The summed E-state index contributed by atoms with van der Waals surface area (Å²) in [7, 11) is 0.